The number of benzene rings is 1. The molecular weight excluding hydrogens is 288 g/mol. The molecule has 110 valence electrons. The molecule has 0 aromatic heterocycles. The zero-order valence-electron chi connectivity index (χ0n) is 12.0. The first kappa shape index (κ1) is 15.6. The van der Waals surface area contributed by atoms with Gasteiger partial charge in [0.05, 0.1) is 6.10 Å². The van der Waals surface area contributed by atoms with Crippen LogP contribution >= 0.6 is 24.0 Å². The number of thioether (sulfide) groups is 1. The number of aliphatic hydroxyl groups is 1. The molecular formula is C15H22N2OS2. The predicted molar refractivity (Wildman–Crippen MR) is 90.7 cm³/mol. The van der Waals surface area contributed by atoms with Gasteiger partial charge >= 0.3 is 0 Å². The summed E-state index contributed by atoms with van der Waals surface area (Å²) in [6.07, 6.45) is 0.751. The Hall–Kier alpha value is -0.780. The van der Waals surface area contributed by atoms with Crippen LogP contribution in [-0.4, -0.2) is 35.0 Å². The minimum absolute atomic E-state index is 0.263. The van der Waals surface area contributed by atoms with Crippen LogP contribution in [0.25, 0.3) is 0 Å². The van der Waals surface area contributed by atoms with E-state index in [1.54, 1.807) is 11.8 Å². The number of anilines is 1. The normalized spacial score (nSPS) is 20.1. The summed E-state index contributed by atoms with van der Waals surface area (Å²) in [5.74, 6) is 1.33. The van der Waals surface area contributed by atoms with Gasteiger partial charge in [-0.05, 0) is 31.2 Å². The average Bonchev–Trinajstić information content (AvgIpc) is 2.88. The van der Waals surface area contributed by atoms with Crippen LogP contribution in [0.3, 0.4) is 0 Å². The minimum atomic E-state index is -0.263. The first-order chi connectivity index (χ1) is 9.54. The largest absolute Gasteiger partial charge is 0.393 e. The second-order valence-corrected chi connectivity index (χ2v) is 6.93. The van der Waals surface area contributed by atoms with E-state index in [1.165, 1.54) is 0 Å². The molecule has 3 nitrogen and oxygen atoms in total. The first-order valence-electron chi connectivity index (χ1n) is 7.03. The fourth-order valence-electron chi connectivity index (χ4n) is 2.71. The molecule has 0 amide bonds. The molecule has 5 heteroatoms. The van der Waals surface area contributed by atoms with Gasteiger partial charge in [-0.15, -0.1) is 11.8 Å². The molecule has 0 aliphatic carbocycles. The third-order valence-electron chi connectivity index (χ3n) is 3.80. The van der Waals surface area contributed by atoms with Crippen molar-refractivity contribution in [1.29, 1.82) is 0 Å². The molecule has 1 aliphatic rings. The summed E-state index contributed by atoms with van der Waals surface area (Å²) in [5, 5.41) is 9.75. The standard InChI is InChI=1S/C15H22N2OS2/c1-3-20-13-6-4-5-12(14(13)15(16)19)17-8-7-11(9-17)10(2)18/h4-6,10-11,18H,3,7-9H2,1-2H3,(H2,16,19). The lowest BCUT2D eigenvalue weighted by Crippen LogP contribution is -2.26. The molecule has 1 aromatic rings. The van der Waals surface area contributed by atoms with Crippen LogP contribution in [0, 0.1) is 5.92 Å². The number of thiocarbonyl (C=S) groups is 1. The van der Waals surface area contributed by atoms with Crippen molar-refractivity contribution < 1.29 is 5.11 Å². The third kappa shape index (κ3) is 3.27. The molecule has 1 heterocycles. The monoisotopic (exact) mass is 310 g/mol. The fourth-order valence-corrected chi connectivity index (χ4v) is 3.83. The second kappa shape index (κ2) is 6.78. The van der Waals surface area contributed by atoms with Crippen LogP contribution in [0.5, 0.6) is 0 Å². The number of nitrogens with two attached hydrogens (primary N) is 1. The topological polar surface area (TPSA) is 49.5 Å². The molecule has 20 heavy (non-hydrogen) atoms. The first-order valence-corrected chi connectivity index (χ1v) is 8.42. The third-order valence-corrected chi connectivity index (χ3v) is 4.94. The zero-order chi connectivity index (χ0) is 14.7. The molecule has 0 spiro atoms. The number of hydrogen-bond acceptors (Lipinski definition) is 4. The van der Waals surface area contributed by atoms with Crippen molar-refractivity contribution in [2.75, 3.05) is 23.7 Å². The Morgan fingerprint density at radius 2 is 2.35 bits per heavy atom. The molecule has 1 saturated heterocycles. The van der Waals surface area contributed by atoms with Crippen molar-refractivity contribution >= 4 is 34.7 Å². The Morgan fingerprint density at radius 3 is 2.90 bits per heavy atom. The van der Waals surface area contributed by atoms with E-state index in [4.69, 9.17) is 18.0 Å². The summed E-state index contributed by atoms with van der Waals surface area (Å²) in [4.78, 5) is 3.90. The van der Waals surface area contributed by atoms with E-state index in [0.29, 0.717) is 10.9 Å². The molecule has 0 bridgehead atoms. The molecule has 0 saturated carbocycles. The summed E-state index contributed by atoms with van der Waals surface area (Å²) in [6.45, 7) is 5.81. The van der Waals surface area contributed by atoms with Crippen LogP contribution in [-0.2, 0) is 0 Å². The van der Waals surface area contributed by atoms with Gasteiger partial charge in [0, 0.05) is 35.2 Å². The van der Waals surface area contributed by atoms with E-state index in [1.807, 2.05) is 6.92 Å². The van der Waals surface area contributed by atoms with Gasteiger partial charge in [-0.3, -0.25) is 0 Å². The molecule has 3 N–H and O–H groups in total. The highest BCUT2D eigenvalue weighted by atomic mass is 32.2. The van der Waals surface area contributed by atoms with E-state index in [-0.39, 0.29) is 6.10 Å². The summed E-state index contributed by atoms with van der Waals surface area (Å²) in [7, 11) is 0. The quantitative estimate of drug-likeness (QED) is 0.647. The van der Waals surface area contributed by atoms with Gasteiger partial charge in [0.15, 0.2) is 0 Å². The number of hydrogen-bond donors (Lipinski definition) is 2. The van der Waals surface area contributed by atoms with Gasteiger partial charge in [0.2, 0.25) is 0 Å². The van der Waals surface area contributed by atoms with Crippen molar-refractivity contribution in [3.63, 3.8) is 0 Å². The highest BCUT2D eigenvalue weighted by Crippen LogP contribution is 2.34. The van der Waals surface area contributed by atoms with Crippen molar-refractivity contribution in [3.05, 3.63) is 23.8 Å². The van der Waals surface area contributed by atoms with Gasteiger partial charge < -0.3 is 15.7 Å². The second-order valence-electron chi connectivity index (χ2n) is 5.18. The van der Waals surface area contributed by atoms with E-state index >= 15 is 0 Å². The number of aliphatic hydroxyl groups excluding tert-OH is 1. The average molecular weight is 310 g/mol. The van der Waals surface area contributed by atoms with Crippen LogP contribution in [0.15, 0.2) is 23.1 Å². The highest BCUT2D eigenvalue weighted by Gasteiger charge is 2.28. The Labute approximate surface area is 130 Å². The Bertz CT molecular complexity index is 491. The van der Waals surface area contributed by atoms with Crippen molar-refractivity contribution in [3.8, 4) is 0 Å². The Kier molecular flexibility index (Phi) is 5.29. The van der Waals surface area contributed by atoms with Crippen LogP contribution in [0.2, 0.25) is 0 Å². The maximum atomic E-state index is 9.75. The lowest BCUT2D eigenvalue weighted by Gasteiger charge is -2.24. The maximum Gasteiger partial charge on any atom is 0.107 e. The molecule has 2 rings (SSSR count). The van der Waals surface area contributed by atoms with E-state index < -0.39 is 0 Å². The molecule has 2 unspecified atom stereocenters. The highest BCUT2D eigenvalue weighted by molar-refractivity contribution is 7.99. The Morgan fingerprint density at radius 1 is 1.60 bits per heavy atom. The lowest BCUT2D eigenvalue weighted by molar-refractivity contribution is 0.136. The van der Waals surface area contributed by atoms with Crippen molar-refractivity contribution in [2.45, 2.75) is 31.3 Å². The van der Waals surface area contributed by atoms with Crippen LogP contribution in [0.4, 0.5) is 5.69 Å². The predicted octanol–water partition coefficient (Wildman–Crippen LogP) is 2.64. The van der Waals surface area contributed by atoms with Crippen molar-refractivity contribution in [2.24, 2.45) is 11.7 Å². The van der Waals surface area contributed by atoms with Crippen LogP contribution < -0.4 is 10.6 Å². The lowest BCUT2D eigenvalue weighted by atomic mass is 10.0. The molecule has 1 fully saturated rings. The molecule has 1 aromatic carbocycles. The maximum absolute atomic E-state index is 9.75. The summed E-state index contributed by atoms with van der Waals surface area (Å²) >= 11 is 7.02. The van der Waals surface area contributed by atoms with E-state index in [9.17, 15) is 5.11 Å². The fraction of sp³-hybridized carbons (Fsp3) is 0.533. The Balaban J connectivity index is 2.32. The van der Waals surface area contributed by atoms with Gasteiger partial charge in [0.1, 0.15) is 4.99 Å². The molecule has 1 aliphatic heterocycles. The summed E-state index contributed by atoms with van der Waals surface area (Å²) in [5.41, 5.74) is 8.05. The summed E-state index contributed by atoms with van der Waals surface area (Å²) < 4.78 is 0. The minimum Gasteiger partial charge on any atom is -0.393 e. The van der Waals surface area contributed by atoms with Crippen LogP contribution in [0.1, 0.15) is 25.8 Å². The smallest absolute Gasteiger partial charge is 0.107 e. The molecule has 0 radical (unpaired) electrons. The molecule has 2 atom stereocenters. The zero-order valence-corrected chi connectivity index (χ0v) is 13.6. The summed E-state index contributed by atoms with van der Waals surface area (Å²) in [6, 6.07) is 6.22. The van der Waals surface area contributed by atoms with Gasteiger partial charge in [0.25, 0.3) is 0 Å². The number of nitrogens with zero attached hydrogens (tertiary/aromatic N) is 1. The number of rotatable bonds is 5. The SMILES string of the molecule is CCSc1cccc(N2CCC(C(C)O)C2)c1C(N)=S. The van der Waals surface area contributed by atoms with Gasteiger partial charge in [-0.1, -0.05) is 25.2 Å². The van der Waals surface area contributed by atoms with E-state index in [0.717, 1.165) is 41.4 Å². The van der Waals surface area contributed by atoms with Gasteiger partial charge in [-0.2, -0.15) is 0 Å². The van der Waals surface area contributed by atoms with E-state index in [2.05, 4.69) is 30.0 Å². The van der Waals surface area contributed by atoms with Gasteiger partial charge in [-0.25, -0.2) is 0 Å². The van der Waals surface area contributed by atoms with Crippen molar-refractivity contribution in [1.82, 2.24) is 0 Å².